The van der Waals surface area contributed by atoms with Gasteiger partial charge in [-0.05, 0) is 0 Å². The maximum Gasteiger partial charge on any atom is 1.00 e. The zero-order valence-electron chi connectivity index (χ0n) is 5.51. The van der Waals surface area contributed by atoms with Crippen LogP contribution in [0.1, 0.15) is 0 Å². The van der Waals surface area contributed by atoms with Gasteiger partial charge < -0.3 is 49.6 Å². The Morgan fingerprint density at radius 1 is 0.250 bits per heavy atom. The molecule has 0 nitrogen and oxygen atoms in total. The van der Waals surface area contributed by atoms with Gasteiger partial charge in [0.15, 0.2) is 0 Å². The second-order valence-corrected chi connectivity index (χ2v) is 0. The number of halogens is 4. The molecule has 0 aliphatic rings. The molecule has 0 aromatic carbocycles. The third kappa shape index (κ3) is 43.3. The normalized spacial score (nSPS) is 0. The van der Waals surface area contributed by atoms with Gasteiger partial charge in [-0.2, -0.15) is 0 Å². The van der Waals surface area contributed by atoms with Crippen LogP contribution in [0, 0.1) is 0 Å². The first-order chi connectivity index (χ1) is 0. The van der Waals surface area contributed by atoms with Crippen molar-refractivity contribution >= 4 is 0 Å². The van der Waals surface area contributed by atoms with Crippen LogP contribution < -0.4 is 168 Å². The summed E-state index contributed by atoms with van der Waals surface area (Å²) < 4.78 is 0. The van der Waals surface area contributed by atoms with Crippen molar-refractivity contribution in [3.8, 4) is 0 Å². The van der Waals surface area contributed by atoms with Crippen LogP contribution in [0.25, 0.3) is 0 Å². The van der Waals surface area contributed by atoms with Gasteiger partial charge in [0.25, 0.3) is 0 Å². The summed E-state index contributed by atoms with van der Waals surface area (Å²) in [6.45, 7) is 0. The van der Waals surface area contributed by atoms with Crippen LogP contribution in [0.3, 0.4) is 0 Å². The van der Waals surface area contributed by atoms with Crippen LogP contribution in [0.15, 0.2) is 0 Å². The Morgan fingerprint density at radius 3 is 0.250 bits per heavy atom. The summed E-state index contributed by atoms with van der Waals surface area (Å²) in [6.07, 6.45) is 0. The Bertz CT molecular complexity index is 8.00. The van der Waals surface area contributed by atoms with E-state index < -0.39 is 0 Å². The average Bonchev–Trinajstić information content (AvgIpc) is 0. The van der Waals surface area contributed by atoms with E-state index in [-0.39, 0.29) is 168 Å². The molecular formula is Cl4Na4. The van der Waals surface area contributed by atoms with Crippen LogP contribution in [0.4, 0.5) is 0 Å². The molecule has 0 N–H and O–H groups in total. The van der Waals surface area contributed by atoms with E-state index >= 15 is 0 Å². The van der Waals surface area contributed by atoms with Gasteiger partial charge in [-0.15, -0.1) is 0 Å². The van der Waals surface area contributed by atoms with E-state index in [9.17, 15) is 0 Å². The fourth-order valence-electron chi connectivity index (χ4n) is 0. The first-order valence-corrected chi connectivity index (χ1v) is 0. The van der Waals surface area contributed by atoms with E-state index in [4.69, 9.17) is 0 Å². The maximum atomic E-state index is 0. The Balaban J connectivity index is 0. The van der Waals surface area contributed by atoms with Crippen molar-refractivity contribution in [3.63, 3.8) is 0 Å². The first kappa shape index (κ1) is 73.1. The summed E-state index contributed by atoms with van der Waals surface area (Å²) in [5, 5.41) is 0. The SMILES string of the molecule is [Cl-].[Cl-].[Cl-].[Cl-].[Na+].[Na+].[Na+].[Na+]. The van der Waals surface area contributed by atoms with Crippen LogP contribution >= 0.6 is 0 Å². The minimum absolute atomic E-state index is 0. The summed E-state index contributed by atoms with van der Waals surface area (Å²) in [6, 6.07) is 0. The molecule has 0 radical (unpaired) electrons. The summed E-state index contributed by atoms with van der Waals surface area (Å²) in [5.41, 5.74) is 0. The summed E-state index contributed by atoms with van der Waals surface area (Å²) >= 11 is 0. The Morgan fingerprint density at radius 2 is 0.250 bits per heavy atom. The first-order valence-electron chi connectivity index (χ1n) is 0. The van der Waals surface area contributed by atoms with E-state index in [0.717, 1.165) is 0 Å². The molecule has 0 rings (SSSR count). The molecule has 8 heteroatoms. The Labute approximate surface area is 164 Å². The van der Waals surface area contributed by atoms with Gasteiger partial charge in [-0.25, -0.2) is 0 Å². The molecule has 8 heavy (non-hydrogen) atoms. The predicted octanol–water partition coefficient (Wildman–Crippen LogP) is -24.0. The average molecular weight is 234 g/mol. The number of hydrogen-bond donors (Lipinski definition) is 0. The van der Waals surface area contributed by atoms with E-state index in [2.05, 4.69) is 0 Å². The second-order valence-electron chi connectivity index (χ2n) is 0. The van der Waals surface area contributed by atoms with E-state index in [0.29, 0.717) is 0 Å². The zero-order chi connectivity index (χ0) is 0. The van der Waals surface area contributed by atoms with E-state index in [1.54, 1.807) is 0 Å². The summed E-state index contributed by atoms with van der Waals surface area (Å²) in [7, 11) is 0. The van der Waals surface area contributed by atoms with Crippen molar-refractivity contribution in [1.82, 2.24) is 0 Å². The quantitative estimate of drug-likeness (QED) is 0.365. The van der Waals surface area contributed by atoms with Crippen molar-refractivity contribution in [2.75, 3.05) is 0 Å². The minimum atomic E-state index is 0. The molecule has 0 saturated heterocycles. The van der Waals surface area contributed by atoms with Gasteiger partial charge in [0.05, 0.1) is 0 Å². The molecule has 0 bridgehead atoms. The minimum Gasteiger partial charge on any atom is -1.00 e. The third-order valence-electron chi connectivity index (χ3n) is 0. The molecule has 0 fully saturated rings. The number of hydrogen-bond acceptors (Lipinski definition) is 0. The van der Waals surface area contributed by atoms with Gasteiger partial charge in [-0.1, -0.05) is 0 Å². The van der Waals surface area contributed by atoms with Gasteiger partial charge in [-0.3, -0.25) is 0 Å². The summed E-state index contributed by atoms with van der Waals surface area (Å²) in [4.78, 5) is 0. The van der Waals surface area contributed by atoms with Gasteiger partial charge in [0.1, 0.15) is 0 Å². The van der Waals surface area contributed by atoms with Gasteiger partial charge in [0.2, 0.25) is 0 Å². The topological polar surface area (TPSA) is 0 Å². The van der Waals surface area contributed by atoms with Gasteiger partial charge >= 0.3 is 118 Å². The molecular weight excluding hydrogens is 234 g/mol. The molecule has 0 saturated carbocycles. The Hall–Kier alpha value is 5.16. The van der Waals surface area contributed by atoms with Crippen LogP contribution in [-0.2, 0) is 0 Å². The van der Waals surface area contributed by atoms with Crippen molar-refractivity contribution in [2.45, 2.75) is 0 Å². The second kappa shape index (κ2) is 56.9. The Kier molecular flexibility index (Phi) is 520. The standard InChI is InChI=1S/4ClH.4Na/h4*1H;;;;/q;;;;4*+1/p-4. The zero-order valence-corrected chi connectivity index (χ0v) is 16.5. The molecule has 0 aromatic rings. The van der Waals surface area contributed by atoms with E-state index in [1.165, 1.54) is 0 Å². The smallest absolute Gasteiger partial charge is 1.00 e. The molecule has 0 heterocycles. The molecule has 0 aromatic heterocycles. The van der Waals surface area contributed by atoms with Crippen LogP contribution in [0.2, 0.25) is 0 Å². The van der Waals surface area contributed by atoms with Crippen molar-refractivity contribution in [2.24, 2.45) is 0 Å². The largest absolute Gasteiger partial charge is 1.00 e. The molecule has 0 amide bonds. The van der Waals surface area contributed by atoms with Crippen LogP contribution in [0.5, 0.6) is 0 Å². The maximum absolute atomic E-state index is 0. The van der Waals surface area contributed by atoms with Crippen molar-refractivity contribution in [1.29, 1.82) is 0 Å². The monoisotopic (exact) mass is 232 g/mol. The fraction of sp³-hybridized carbons (Fsp3) is 0. The molecule has 0 unspecified atom stereocenters. The fourth-order valence-corrected chi connectivity index (χ4v) is 0. The van der Waals surface area contributed by atoms with Crippen LogP contribution in [-0.4, -0.2) is 0 Å². The predicted molar refractivity (Wildman–Crippen MR) is 0 cm³/mol. The molecule has 0 aliphatic heterocycles. The molecule has 0 spiro atoms. The van der Waals surface area contributed by atoms with Gasteiger partial charge in [0, 0.05) is 0 Å². The molecule has 32 valence electrons. The molecule has 0 aliphatic carbocycles. The molecule has 0 atom stereocenters. The van der Waals surface area contributed by atoms with Crippen molar-refractivity contribution < 1.29 is 168 Å². The van der Waals surface area contributed by atoms with E-state index in [1.807, 2.05) is 0 Å². The third-order valence-corrected chi connectivity index (χ3v) is 0. The van der Waals surface area contributed by atoms with Crippen molar-refractivity contribution in [3.05, 3.63) is 0 Å². The number of rotatable bonds is 0. The summed E-state index contributed by atoms with van der Waals surface area (Å²) in [5.74, 6) is 0.